The Balaban J connectivity index is 1.41. The minimum Gasteiger partial charge on any atom is -0.492 e. The first kappa shape index (κ1) is 24.6. The van der Waals surface area contributed by atoms with Gasteiger partial charge in [0.05, 0.1) is 30.8 Å². The van der Waals surface area contributed by atoms with Crippen LogP contribution in [0.1, 0.15) is 0 Å². The summed E-state index contributed by atoms with van der Waals surface area (Å²) in [5, 5.41) is 3.73. The molecule has 1 aliphatic rings. The van der Waals surface area contributed by atoms with Gasteiger partial charge in [-0.05, 0) is 44.4 Å². The van der Waals surface area contributed by atoms with Crippen LogP contribution in [0.2, 0.25) is 0 Å². The number of hydrogen-bond acceptors (Lipinski definition) is 10. The Bertz CT molecular complexity index is 1380. The summed E-state index contributed by atoms with van der Waals surface area (Å²) in [6.07, 6.45) is 3.28. The second-order valence-electron chi connectivity index (χ2n) is 8.91. The van der Waals surface area contributed by atoms with Crippen LogP contribution >= 0.6 is 0 Å². The molecule has 0 aliphatic carbocycles. The zero-order valence-corrected chi connectivity index (χ0v) is 20.8. The first-order valence-corrected chi connectivity index (χ1v) is 12.0. The fraction of sp³-hybridized carbons (Fsp3) is 0.308. The number of benzene rings is 1. The summed E-state index contributed by atoms with van der Waals surface area (Å²) in [6.45, 7) is 4.18. The first-order valence-electron chi connectivity index (χ1n) is 12.0. The van der Waals surface area contributed by atoms with Crippen LogP contribution < -0.4 is 20.7 Å². The molecule has 10 nitrogen and oxygen atoms in total. The number of pyridine rings is 2. The van der Waals surface area contributed by atoms with Crippen LogP contribution in [0.3, 0.4) is 0 Å². The summed E-state index contributed by atoms with van der Waals surface area (Å²) >= 11 is 0. The van der Waals surface area contributed by atoms with Crippen LogP contribution in [0.5, 0.6) is 5.75 Å². The standard InChI is InChI=1S/C26H29FN8O2/c1-34(2)9-14-37-18-4-5-19(21(27)15-18)23-24-20(7-8-29-23)25(28)33-26(32-24)31-17-3-6-22(30-16-17)35-10-12-36-13-11-35/h3-8,15-16H,9-14H2,1-2H3,(H3,28,31,32,33). The largest absolute Gasteiger partial charge is 0.492 e. The summed E-state index contributed by atoms with van der Waals surface area (Å²) in [5.74, 6) is 1.40. The van der Waals surface area contributed by atoms with Crippen molar-refractivity contribution in [2.24, 2.45) is 0 Å². The fourth-order valence-corrected chi connectivity index (χ4v) is 4.02. The molecule has 0 atom stereocenters. The van der Waals surface area contributed by atoms with E-state index in [2.05, 4.69) is 30.2 Å². The number of anilines is 4. The van der Waals surface area contributed by atoms with Gasteiger partial charge in [-0.3, -0.25) is 4.98 Å². The monoisotopic (exact) mass is 504 g/mol. The van der Waals surface area contributed by atoms with Crippen molar-refractivity contribution in [1.82, 2.24) is 24.8 Å². The predicted molar refractivity (Wildman–Crippen MR) is 142 cm³/mol. The average molecular weight is 505 g/mol. The highest BCUT2D eigenvalue weighted by atomic mass is 19.1. The first-order chi connectivity index (χ1) is 18.0. The molecular formula is C26H29FN8O2. The summed E-state index contributed by atoms with van der Waals surface area (Å²) in [5.41, 5.74) is 8.06. The molecule has 3 N–H and O–H groups in total. The van der Waals surface area contributed by atoms with E-state index in [0.29, 0.717) is 53.4 Å². The molecule has 4 heterocycles. The highest BCUT2D eigenvalue weighted by Gasteiger charge is 2.17. The number of hydrogen-bond donors (Lipinski definition) is 2. The van der Waals surface area contributed by atoms with Crippen LogP contribution in [0.25, 0.3) is 22.2 Å². The van der Waals surface area contributed by atoms with Crippen LogP contribution in [-0.4, -0.2) is 78.4 Å². The Morgan fingerprint density at radius 3 is 2.68 bits per heavy atom. The van der Waals surface area contributed by atoms with Crippen LogP contribution in [0.15, 0.2) is 48.8 Å². The molecular weight excluding hydrogens is 475 g/mol. The molecule has 0 bridgehead atoms. The molecule has 1 aromatic carbocycles. The lowest BCUT2D eigenvalue weighted by atomic mass is 10.1. The molecule has 1 aliphatic heterocycles. The Hall–Kier alpha value is -4.09. The van der Waals surface area contributed by atoms with E-state index in [4.69, 9.17) is 15.2 Å². The van der Waals surface area contributed by atoms with Crippen molar-refractivity contribution in [1.29, 1.82) is 0 Å². The van der Waals surface area contributed by atoms with Crippen molar-refractivity contribution in [3.8, 4) is 17.0 Å². The number of nitrogens with one attached hydrogen (secondary N) is 1. The van der Waals surface area contributed by atoms with Gasteiger partial charge in [0, 0.05) is 42.8 Å². The van der Waals surface area contributed by atoms with Crippen LogP contribution in [0, 0.1) is 5.82 Å². The van der Waals surface area contributed by atoms with E-state index < -0.39 is 5.82 Å². The molecule has 5 rings (SSSR count). The van der Waals surface area contributed by atoms with Gasteiger partial charge in [0.2, 0.25) is 5.95 Å². The van der Waals surface area contributed by atoms with Gasteiger partial charge >= 0.3 is 0 Å². The number of ether oxygens (including phenoxy) is 2. The third-order valence-electron chi connectivity index (χ3n) is 5.99. The lowest BCUT2D eigenvalue weighted by Crippen LogP contribution is -2.36. The molecule has 3 aromatic heterocycles. The van der Waals surface area contributed by atoms with E-state index in [0.717, 1.165) is 25.5 Å². The van der Waals surface area contributed by atoms with E-state index in [1.807, 2.05) is 31.1 Å². The zero-order valence-electron chi connectivity index (χ0n) is 20.8. The van der Waals surface area contributed by atoms with Gasteiger partial charge in [-0.2, -0.15) is 4.98 Å². The number of rotatable bonds is 8. The topological polar surface area (TPSA) is 115 Å². The van der Waals surface area contributed by atoms with E-state index >= 15 is 4.39 Å². The fourth-order valence-electron chi connectivity index (χ4n) is 4.02. The van der Waals surface area contributed by atoms with Crippen molar-refractivity contribution < 1.29 is 13.9 Å². The summed E-state index contributed by atoms with van der Waals surface area (Å²) < 4.78 is 26.2. The second kappa shape index (κ2) is 10.9. The smallest absolute Gasteiger partial charge is 0.229 e. The Morgan fingerprint density at radius 2 is 1.95 bits per heavy atom. The van der Waals surface area contributed by atoms with Crippen molar-refractivity contribution >= 4 is 34.2 Å². The van der Waals surface area contributed by atoms with Crippen LogP contribution in [0.4, 0.5) is 27.7 Å². The molecule has 37 heavy (non-hydrogen) atoms. The van der Waals surface area contributed by atoms with Gasteiger partial charge in [0.25, 0.3) is 0 Å². The second-order valence-corrected chi connectivity index (χ2v) is 8.91. The minimum absolute atomic E-state index is 0.262. The van der Waals surface area contributed by atoms with Gasteiger partial charge in [-0.25, -0.2) is 14.4 Å². The predicted octanol–water partition coefficient (Wildman–Crippen LogP) is 3.33. The van der Waals surface area contributed by atoms with Crippen molar-refractivity contribution in [3.63, 3.8) is 0 Å². The zero-order chi connectivity index (χ0) is 25.8. The Kier molecular flexibility index (Phi) is 7.24. The maximum Gasteiger partial charge on any atom is 0.229 e. The number of fused-ring (bicyclic) bond motifs is 1. The number of likely N-dealkylation sites (N-methyl/N-ethyl adjacent to an activating group) is 1. The highest BCUT2D eigenvalue weighted by molar-refractivity contribution is 5.97. The maximum absolute atomic E-state index is 15.1. The molecule has 4 aromatic rings. The number of nitrogen functional groups attached to an aromatic ring is 1. The number of aromatic nitrogens is 4. The highest BCUT2D eigenvalue weighted by Crippen LogP contribution is 2.32. The number of morpholine rings is 1. The lowest BCUT2D eigenvalue weighted by molar-refractivity contribution is 0.122. The van der Waals surface area contributed by atoms with E-state index in [1.54, 1.807) is 30.6 Å². The van der Waals surface area contributed by atoms with Gasteiger partial charge < -0.3 is 30.3 Å². The SMILES string of the molecule is CN(C)CCOc1ccc(-c2nccc3c(N)nc(Nc4ccc(N5CCOCC5)nc4)nc23)c(F)c1. The van der Waals surface area contributed by atoms with Gasteiger partial charge in [-0.1, -0.05) is 0 Å². The number of nitrogens with two attached hydrogens (primary N) is 1. The van der Waals surface area contributed by atoms with Crippen molar-refractivity contribution in [3.05, 3.63) is 54.6 Å². The normalized spacial score (nSPS) is 13.8. The molecule has 0 radical (unpaired) electrons. The summed E-state index contributed by atoms with van der Waals surface area (Å²) in [6, 6.07) is 10.3. The van der Waals surface area contributed by atoms with E-state index in [-0.39, 0.29) is 11.8 Å². The third kappa shape index (κ3) is 5.68. The van der Waals surface area contributed by atoms with Crippen LogP contribution in [-0.2, 0) is 4.74 Å². The Morgan fingerprint density at radius 1 is 1.11 bits per heavy atom. The molecule has 192 valence electrons. The molecule has 0 amide bonds. The van der Waals surface area contributed by atoms with Crippen molar-refractivity contribution in [2.45, 2.75) is 0 Å². The van der Waals surface area contributed by atoms with Gasteiger partial charge in [-0.15, -0.1) is 0 Å². The average Bonchev–Trinajstić information content (AvgIpc) is 2.90. The van der Waals surface area contributed by atoms with E-state index in [1.165, 1.54) is 6.07 Å². The van der Waals surface area contributed by atoms with Gasteiger partial charge in [0.1, 0.15) is 35.3 Å². The van der Waals surface area contributed by atoms with Crippen molar-refractivity contribution in [2.75, 3.05) is 69.5 Å². The minimum atomic E-state index is -0.461. The quantitative estimate of drug-likeness (QED) is 0.370. The maximum atomic E-state index is 15.1. The number of halogens is 1. The summed E-state index contributed by atoms with van der Waals surface area (Å²) in [4.78, 5) is 22.1. The lowest BCUT2D eigenvalue weighted by Gasteiger charge is -2.27. The summed E-state index contributed by atoms with van der Waals surface area (Å²) in [7, 11) is 3.90. The van der Waals surface area contributed by atoms with E-state index in [9.17, 15) is 0 Å². The molecule has 0 saturated carbocycles. The Labute approximate surface area is 214 Å². The molecule has 0 unspecified atom stereocenters. The molecule has 1 fully saturated rings. The third-order valence-corrected chi connectivity index (χ3v) is 5.99. The number of nitrogens with zero attached hydrogens (tertiary/aromatic N) is 6. The molecule has 0 spiro atoms. The van der Waals surface area contributed by atoms with Gasteiger partial charge in [0.15, 0.2) is 0 Å². The molecule has 1 saturated heterocycles. The molecule has 11 heteroatoms.